The van der Waals surface area contributed by atoms with Crippen molar-refractivity contribution in [3.05, 3.63) is 35.2 Å². The van der Waals surface area contributed by atoms with Gasteiger partial charge >= 0.3 is 0 Å². The van der Waals surface area contributed by atoms with E-state index in [9.17, 15) is 0 Å². The van der Waals surface area contributed by atoms with Gasteiger partial charge in [0, 0.05) is 50.9 Å². The maximum Gasteiger partial charge on any atom is 0.163 e. The summed E-state index contributed by atoms with van der Waals surface area (Å²) >= 11 is 3.85. The highest BCUT2D eigenvalue weighted by Gasteiger charge is 2.59. The smallest absolute Gasteiger partial charge is 0.163 e. The van der Waals surface area contributed by atoms with Gasteiger partial charge in [-0.05, 0) is 54.4 Å². The second-order valence-electron chi connectivity index (χ2n) is 14.5. The van der Waals surface area contributed by atoms with Gasteiger partial charge in [-0.3, -0.25) is 0 Å². The first-order valence-electron chi connectivity index (χ1n) is 14.5. The van der Waals surface area contributed by atoms with Crippen molar-refractivity contribution in [2.45, 2.75) is 102 Å². The van der Waals surface area contributed by atoms with Gasteiger partial charge in [-0.2, -0.15) is 5.10 Å². The second-order valence-corrected chi connectivity index (χ2v) is 26.6. The molecular formula is C29H49BrN4O4Si2. The summed E-state index contributed by atoms with van der Waals surface area (Å²) in [6.07, 6.45) is 4.37. The average molecular weight is 654 g/mol. The lowest BCUT2D eigenvalue weighted by Gasteiger charge is -2.28. The summed E-state index contributed by atoms with van der Waals surface area (Å²) in [7, 11) is -2.40. The summed E-state index contributed by atoms with van der Waals surface area (Å²) in [5.41, 5.74) is 1.78. The van der Waals surface area contributed by atoms with E-state index in [0.29, 0.717) is 13.5 Å². The van der Waals surface area contributed by atoms with Gasteiger partial charge in [0.25, 0.3) is 0 Å². The number of rotatable bonds is 13. The molecule has 0 amide bonds. The first kappa shape index (κ1) is 31.8. The maximum atomic E-state index is 6.47. The third-order valence-corrected chi connectivity index (χ3v) is 12.0. The molecule has 4 rings (SSSR count). The molecule has 11 heteroatoms. The van der Waals surface area contributed by atoms with Gasteiger partial charge in [-0.15, -0.1) is 6.58 Å². The van der Waals surface area contributed by atoms with Crippen LogP contribution in [0.15, 0.2) is 29.5 Å². The molecule has 2 aromatic heterocycles. The van der Waals surface area contributed by atoms with Crippen molar-refractivity contribution < 1.29 is 18.9 Å². The van der Waals surface area contributed by atoms with E-state index < -0.39 is 21.9 Å². The molecule has 0 radical (unpaired) electrons. The van der Waals surface area contributed by atoms with Crippen molar-refractivity contribution >= 4 is 43.4 Å². The Labute approximate surface area is 250 Å². The predicted molar refractivity (Wildman–Crippen MR) is 171 cm³/mol. The van der Waals surface area contributed by atoms with Crippen LogP contribution in [-0.2, 0) is 18.9 Å². The van der Waals surface area contributed by atoms with E-state index in [1.165, 1.54) is 0 Å². The summed E-state index contributed by atoms with van der Waals surface area (Å²) in [5.74, 6) is 0.241. The Hall–Kier alpha value is -1.09. The summed E-state index contributed by atoms with van der Waals surface area (Å²) in [6.45, 7) is 26.8. The molecule has 2 fully saturated rings. The Morgan fingerprint density at radius 2 is 1.68 bits per heavy atom. The fraction of sp³-hybridized carbons (Fsp3) is 0.724. The minimum atomic E-state index is -1.20. The number of nitrogens with zero attached hydrogens (tertiary/aromatic N) is 4. The molecule has 0 unspecified atom stereocenters. The molecule has 1 saturated heterocycles. The molecule has 2 aliphatic rings. The third-order valence-electron chi connectivity index (χ3n) is 7.98. The highest BCUT2D eigenvalue weighted by molar-refractivity contribution is 9.10. The molecule has 2 aromatic rings. The zero-order valence-electron chi connectivity index (χ0n) is 25.9. The lowest BCUT2D eigenvalue weighted by atomic mass is 9.85. The summed E-state index contributed by atoms with van der Waals surface area (Å²) < 4.78 is 28.2. The molecule has 0 N–H and O–H groups in total. The second kappa shape index (κ2) is 11.9. The summed E-state index contributed by atoms with van der Waals surface area (Å²) in [5, 5.41) is 4.73. The van der Waals surface area contributed by atoms with Gasteiger partial charge in [-0.25, -0.2) is 9.50 Å². The van der Waals surface area contributed by atoms with Crippen molar-refractivity contribution in [2.24, 2.45) is 5.41 Å². The topological polar surface area (TPSA) is 70.4 Å². The largest absolute Gasteiger partial charge is 0.361 e. The molecule has 0 bridgehead atoms. The highest BCUT2D eigenvalue weighted by atomic mass is 79.9. The normalized spacial score (nSPS) is 26.4. The quantitative estimate of drug-likeness (QED) is 0.0987. The summed E-state index contributed by atoms with van der Waals surface area (Å²) in [4.78, 5) is 6.83. The minimum absolute atomic E-state index is 0.0633. The van der Waals surface area contributed by atoms with Crippen LogP contribution in [0, 0.1) is 5.41 Å². The van der Waals surface area contributed by atoms with Crippen LogP contribution < -0.4 is 4.90 Å². The van der Waals surface area contributed by atoms with Gasteiger partial charge in [0.05, 0.1) is 12.2 Å². The number of hydrogen-bond donors (Lipinski definition) is 0. The van der Waals surface area contributed by atoms with Crippen LogP contribution in [0.2, 0.25) is 51.4 Å². The molecule has 3 heterocycles. The van der Waals surface area contributed by atoms with E-state index >= 15 is 0 Å². The van der Waals surface area contributed by atoms with E-state index in [4.69, 9.17) is 29.0 Å². The van der Waals surface area contributed by atoms with Gasteiger partial charge in [0.1, 0.15) is 25.3 Å². The van der Waals surface area contributed by atoms with Crippen LogP contribution in [0.25, 0.3) is 5.52 Å². The maximum absolute atomic E-state index is 6.47. The standard InChI is InChI=1S/C29H49BrN4O4Si2/c1-11-29(4)17-21(25-26(29)38-28(2,3)37-25)23-16-22(30)24-27(31-18-32-34(23)24)33(19-35-12-14-39(5,6)7)20-36-13-15-40(8,9)10/h11,16,18,21,25-26H,1,12-15,17,19-20H2,2-10H3/t21-,25-,26-,29-/m0/s1. The zero-order chi connectivity index (χ0) is 29.5. The molecule has 1 aliphatic heterocycles. The Balaban J connectivity index is 1.64. The highest BCUT2D eigenvalue weighted by Crippen LogP contribution is 2.55. The van der Waals surface area contributed by atoms with Gasteiger partial charge in [0.15, 0.2) is 11.6 Å². The Bertz CT molecular complexity index is 1170. The van der Waals surface area contributed by atoms with Crippen LogP contribution >= 0.6 is 15.9 Å². The van der Waals surface area contributed by atoms with Crippen LogP contribution in [0.5, 0.6) is 0 Å². The van der Waals surface area contributed by atoms with Crippen molar-refractivity contribution in [2.75, 3.05) is 31.6 Å². The Morgan fingerprint density at radius 3 is 2.23 bits per heavy atom. The van der Waals surface area contributed by atoms with Gasteiger partial charge in [0.2, 0.25) is 0 Å². The average Bonchev–Trinajstić information content (AvgIpc) is 3.44. The van der Waals surface area contributed by atoms with Crippen LogP contribution in [0.4, 0.5) is 5.82 Å². The van der Waals surface area contributed by atoms with Crippen molar-refractivity contribution in [1.82, 2.24) is 14.6 Å². The molecule has 8 nitrogen and oxygen atoms in total. The fourth-order valence-corrected chi connectivity index (χ4v) is 7.63. The molecule has 0 spiro atoms. The fourth-order valence-electron chi connectivity index (χ4n) is 5.54. The first-order valence-corrected chi connectivity index (χ1v) is 22.7. The molecule has 1 aliphatic carbocycles. The minimum Gasteiger partial charge on any atom is -0.361 e. The number of ether oxygens (including phenoxy) is 4. The SMILES string of the molecule is C=C[C@@]1(C)C[C@@H](c2cc(Br)c3c(N(COCC[Si](C)(C)C)COCC[Si](C)(C)C)ncnn23)[C@@H]2OC(C)(C)O[C@@H]21. The Kier molecular flexibility index (Phi) is 9.47. The Morgan fingerprint density at radius 1 is 1.07 bits per heavy atom. The van der Waals surface area contributed by atoms with Crippen molar-refractivity contribution in [3.63, 3.8) is 0 Å². The van der Waals surface area contributed by atoms with Crippen LogP contribution in [-0.4, -0.2) is 75.4 Å². The number of anilines is 1. The molecule has 0 aromatic carbocycles. The van der Waals surface area contributed by atoms with Crippen LogP contribution in [0.3, 0.4) is 0 Å². The van der Waals surface area contributed by atoms with Crippen LogP contribution in [0.1, 0.15) is 38.8 Å². The van der Waals surface area contributed by atoms with Gasteiger partial charge < -0.3 is 23.8 Å². The van der Waals surface area contributed by atoms with Crippen molar-refractivity contribution in [3.8, 4) is 0 Å². The van der Waals surface area contributed by atoms with E-state index in [1.807, 2.05) is 24.4 Å². The predicted octanol–water partition coefficient (Wildman–Crippen LogP) is 7.12. The molecule has 4 atom stereocenters. The molecular weight excluding hydrogens is 604 g/mol. The van der Waals surface area contributed by atoms with Gasteiger partial charge in [-0.1, -0.05) is 52.3 Å². The number of aromatic nitrogens is 3. The van der Waals surface area contributed by atoms with E-state index in [1.54, 1.807) is 6.33 Å². The number of fused-ring (bicyclic) bond motifs is 2. The lowest BCUT2D eigenvalue weighted by molar-refractivity contribution is -0.162. The molecule has 1 saturated carbocycles. The van der Waals surface area contributed by atoms with E-state index in [2.05, 4.69) is 79.7 Å². The van der Waals surface area contributed by atoms with E-state index in [0.717, 1.165) is 53.2 Å². The summed E-state index contributed by atoms with van der Waals surface area (Å²) in [6, 6.07) is 4.38. The first-order chi connectivity index (χ1) is 18.5. The zero-order valence-corrected chi connectivity index (χ0v) is 29.5. The molecule has 224 valence electrons. The van der Waals surface area contributed by atoms with Crippen molar-refractivity contribution in [1.29, 1.82) is 0 Å². The lowest BCUT2D eigenvalue weighted by Crippen LogP contribution is -2.33. The monoisotopic (exact) mass is 652 g/mol. The number of hydrogen-bond acceptors (Lipinski definition) is 7. The van der Waals surface area contributed by atoms with E-state index in [-0.39, 0.29) is 23.5 Å². The number of halogens is 1. The molecule has 40 heavy (non-hydrogen) atoms. The third kappa shape index (κ3) is 7.27.